The minimum Gasteiger partial charge on any atom is -0.394 e. The lowest BCUT2D eigenvalue weighted by molar-refractivity contribution is -0.231. The smallest absolute Gasteiger partial charge is 0.113 e. The van der Waals surface area contributed by atoms with Gasteiger partial charge in [0.25, 0.3) is 0 Å². The summed E-state index contributed by atoms with van der Waals surface area (Å²) in [5, 5.41) is 39.4. The lowest BCUT2D eigenvalue weighted by Crippen LogP contribution is -2.55. The fourth-order valence-electron chi connectivity index (χ4n) is 2.97. The van der Waals surface area contributed by atoms with Crippen molar-refractivity contribution in [1.29, 1.82) is 0 Å². The van der Waals surface area contributed by atoms with Crippen LogP contribution in [0.15, 0.2) is 54.6 Å². The maximum absolute atomic E-state index is 10.2. The Bertz CT molecular complexity index is 713. The van der Waals surface area contributed by atoms with Crippen LogP contribution in [0.4, 0.5) is 0 Å². The molecule has 3 rings (SSSR count). The van der Waals surface area contributed by atoms with E-state index in [-0.39, 0.29) is 0 Å². The fraction of sp³-hybridized carbons (Fsp3) is 0.300. The SMILES string of the molecule is OCC1OC(c2cccc(C=Cc3ccccc3)c2)C(O)C(O)C1O. The molecule has 132 valence electrons. The van der Waals surface area contributed by atoms with Crippen LogP contribution in [0.3, 0.4) is 0 Å². The standard InChI is InChI=1S/C20H22O5/c21-12-16-17(22)18(23)19(24)20(25-16)15-8-4-7-14(11-15)10-9-13-5-2-1-3-6-13/h1-11,16-24H,12H2. The average molecular weight is 342 g/mol. The van der Waals surface area contributed by atoms with Crippen LogP contribution >= 0.6 is 0 Å². The third-order valence-electron chi connectivity index (χ3n) is 4.40. The molecule has 5 nitrogen and oxygen atoms in total. The van der Waals surface area contributed by atoms with Gasteiger partial charge in [-0.05, 0) is 22.8 Å². The quantitative estimate of drug-likeness (QED) is 0.630. The van der Waals surface area contributed by atoms with Crippen molar-refractivity contribution in [3.63, 3.8) is 0 Å². The zero-order valence-corrected chi connectivity index (χ0v) is 13.6. The van der Waals surface area contributed by atoms with Gasteiger partial charge in [0.15, 0.2) is 0 Å². The lowest BCUT2D eigenvalue weighted by Gasteiger charge is -2.40. The Kier molecular flexibility index (Phi) is 5.63. The number of benzene rings is 2. The Morgan fingerprint density at radius 2 is 1.48 bits per heavy atom. The van der Waals surface area contributed by atoms with Gasteiger partial charge in [-0.1, -0.05) is 60.7 Å². The number of hydrogen-bond acceptors (Lipinski definition) is 5. The molecule has 5 atom stereocenters. The maximum Gasteiger partial charge on any atom is 0.113 e. The van der Waals surface area contributed by atoms with Crippen molar-refractivity contribution in [3.8, 4) is 0 Å². The van der Waals surface area contributed by atoms with Crippen LogP contribution in [0, 0.1) is 0 Å². The Hall–Kier alpha value is -2.02. The molecule has 1 aliphatic heterocycles. The Balaban J connectivity index is 1.82. The molecule has 0 saturated carbocycles. The Labute approximate surface area is 146 Å². The molecular formula is C20H22O5. The average Bonchev–Trinajstić information content (AvgIpc) is 2.66. The minimum atomic E-state index is -1.38. The Morgan fingerprint density at radius 3 is 2.20 bits per heavy atom. The molecule has 1 heterocycles. The lowest BCUT2D eigenvalue weighted by atomic mass is 9.90. The van der Waals surface area contributed by atoms with Crippen molar-refractivity contribution in [2.75, 3.05) is 6.61 Å². The zero-order chi connectivity index (χ0) is 17.8. The highest BCUT2D eigenvalue weighted by atomic mass is 16.5. The number of hydrogen-bond donors (Lipinski definition) is 4. The minimum absolute atomic E-state index is 0.435. The molecule has 5 unspecified atom stereocenters. The van der Waals surface area contributed by atoms with Gasteiger partial charge < -0.3 is 25.2 Å². The first kappa shape index (κ1) is 17.8. The number of rotatable bonds is 4. The van der Waals surface area contributed by atoms with E-state index in [1.54, 1.807) is 6.07 Å². The van der Waals surface area contributed by atoms with E-state index in [0.717, 1.165) is 11.1 Å². The van der Waals surface area contributed by atoms with Crippen molar-refractivity contribution in [2.24, 2.45) is 0 Å². The van der Waals surface area contributed by atoms with Crippen molar-refractivity contribution in [2.45, 2.75) is 30.5 Å². The second kappa shape index (κ2) is 7.91. The van der Waals surface area contributed by atoms with E-state index in [4.69, 9.17) is 4.74 Å². The predicted molar refractivity (Wildman–Crippen MR) is 94.5 cm³/mol. The van der Waals surface area contributed by atoms with Crippen LogP contribution in [0.25, 0.3) is 12.2 Å². The molecule has 1 fully saturated rings. The van der Waals surface area contributed by atoms with E-state index < -0.39 is 37.1 Å². The molecule has 2 aromatic rings. The number of aliphatic hydroxyl groups is 4. The highest BCUT2D eigenvalue weighted by Gasteiger charge is 2.43. The monoisotopic (exact) mass is 342 g/mol. The second-order valence-corrected chi connectivity index (χ2v) is 6.16. The summed E-state index contributed by atoms with van der Waals surface area (Å²) < 4.78 is 5.60. The highest BCUT2D eigenvalue weighted by Crippen LogP contribution is 2.32. The van der Waals surface area contributed by atoms with Crippen molar-refractivity contribution in [3.05, 3.63) is 71.3 Å². The third kappa shape index (κ3) is 3.98. The van der Waals surface area contributed by atoms with E-state index in [1.165, 1.54) is 0 Å². The molecule has 0 aromatic heterocycles. The molecule has 0 spiro atoms. The van der Waals surface area contributed by atoms with E-state index in [0.29, 0.717) is 5.56 Å². The molecule has 1 aliphatic rings. The summed E-state index contributed by atoms with van der Waals surface area (Å²) in [6.07, 6.45) is -1.80. The van der Waals surface area contributed by atoms with Gasteiger partial charge >= 0.3 is 0 Å². The largest absolute Gasteiger partial charge is 0.394 e. The first-order valence-electron chi connectivity index (χ1n) is 8.24. The van der Waals surface area contributed by atoms with Gasteiger partial charge in [0.1, 0.15) is 30.5 Å². The van der Waals surface area contributed by atoms with Crippen molar-refractivity contribution < 1.29 is 25.2 Å². The van der Waals surface area contributed by atoms with E-state index in [1.807, 2.05) is 60.7 Å². The van der Waals surface area contributed by atoms with Crippen LogP contribution in [-0.2, 0) is 4.74 Å². The van der Waals surface area contributed by atoms with Crippen LogP contribution in [0.2, 0.25) is 0 Å². The van der Waals surface area contributed by atoms with Gasteiger partial charge in [0.05, 0.1) is 6.61 Å². The molecule has 0 aliphatic carbocycles. The molecular weight excluding hydrogens is 320 g/mol. The van der Waals surface area contributed by atoms with E-state index in [2.05, 4.69) is 0 Å². The van der Waals surface area contributed by atoms with Gasteiger partial charge in [-0.25, -0.2) is 0 Å². The summed E-state index contributed by atoms with van der Waals surface area (Å²) >= 11 is 0. The summed E-state index contributed by atoms with van der Waals surface area (Å²) in [5.41, 5.74) is 2.66. The van der Waals surface area contributed by atoms with Gasteiger partial charge in [0.2, 0.25) is 0 Å². The Morgan fingerprint density at radius 1 is 0.800 bits per heavy atom. The first-order chi connectivity index (χ1) is 12.1. The topological polar surface area (TPSA) is 90.2 Å². The van der Waals surface area contributed by atoms with Gasteiger partial charge in [-0.15, -0.1) is 0 Å². The maximum atomic E-state index is 10.2. The molecule has 25 heavy (non-hydrogen) atoms. The van der Waals surface area contributed by atoms with Crippen LogP contribution in [0.5, 0.6) is 0 Å². The summed E-state index contributed by atoms with van der Waals surface area (Å²) in [6, 6.07) is 17.3. The van der Waals surface area contributed by atoms with Crippen molar-refractivity contribution >= 4 is 12.2 Å². The van der Waals surface area contributed by atoms with Gasteiger partial charge in [-0.3, -0.25) is 0 Å². The van der Waals surface area contributed by atoms with Gasteiger partial charge in [0, 0.05) is 0 Å². The highest BCUT2D eigenvalue weighted by molar-refractivity contribution is 5.69. The molecule has 1 saturated heterocycles. The zero-order valence-electron chi connectivity index (χ0n) is 13.6. The van der Waals surface area contributed by atoms with Crippen LogP contribution in [0.1, 0.15) is 22.8 Å². The predicted octanol–water partition coefficient (Wildman–Crippen LogP) is 1.37. The molecule has 0 radical (unpaired) electrons. The van der Waals surface area contributed by atoms with Crippen molar-refractivity contribution in [1.82, 2.24) is 0 Å². The second-order valence-electron chi connectivity index (χ2n) is 6.16. The third-order valence-corrected chi connectivity index (χ3v) is 4.40. The van der Waals surface area contributed by atoms with E-state index >= 15 is 0 Å². The molecule has 0 bridgehead atoms. The first-order valence-corrected chi connectivity index (χ1v) is 8.24. The fourth-order valence-corrected chi connectivity index (χ4v) is 2.97. The molecule has 0 amide bonds. The summed E-state index contributed by atoms with van der Waals surface area (Å²) in [5.74, 6) is 0. The normalized spacial score (nSPS) is 29.8. The summed E-state index contributed by atoms with van der Waals surface area (Å²) in [4.78, 5) is 0. The molecule has 5 heteroatoms. The number of ether oxygens (including phenoxy) is 1. The number of aliphatic hydroxyl groups excluding tert-OH is 4. The summed E-state index contributed by atoms with van der Waals surface area (Å²) in [6.45, 7) is -0.435. The van der Waals surface area contributed by atoms with Crippen LogP contribution < -0.4 is 0 Å². The summed E-state index contributed by atoms with van der Waals surface area (Å²) in [7, 11) is 0. The molecule has 4 N–H and O–H groups in total. The van der Waals surface area contributed by atoms with Crippen LogP contribution in [-0.4, -0.2) is 51.4 Å². The molecule has 2 aromatic carbocycles. The van der Waals surface area contributed by atoms with E-state index in [9.17, 15) is 20.4 Å². The van der Waals surface area contributed by atoms with Gasteiger partial charge in [-0.2, -0.15) is 0 Å².